The van der Waals surface area contributed by atoms with Crippen LogP contribution in [0.15, 0.2) is 24.3 Å². The molecule has 1 unspecified atom stereocenters. The van der Waals surface area contributed by atoms with Gasteiger partial charge in [-0.15, -0.1) is 0 Å². The quantitative estimate of drug-likeness (QED) is 0.846. The van der Waals surface area contributed by atoms with Crippen molar-refractivity contribution in [1.82, 2.24) is 4.90 Å². The lowest BCUT2D eigenvalue weighted by Crippen LogP contribution is -2.41. The molecule has 4 heteroatoms. The van der Waals surface area contributed by atoms with Crippen LogP contribution >= 0.6 is 0 Å². The van der Waals surface area contributed by atoms with Crippen LogP contribution in [-0.4, -0.2) is 30.0 Å². The third-order valence-electron chi connectivity index (χ3n) is 3.73. The molecule has 4 nitrogen and oxygen atoms in total. The maximum Gasteiger partial charge on any atom is 0.260 e. The lowest BCUT2D eigenvalue weighted by atomic mass is 10.0. The smallest absolute Gasteiger partial charge is 0.260 e. The van der Waals surface area contributed by atoms with E-state index >= 15 is 0 Å². The van der Waals surface area contributed by atoms with E-state index < -0.39 is 0 Å². The molecule has 1 heterocycles. The van der Waals surface area contributed by atoms with Crippen LogP contribution < -0.4 is 4.74 Å². The highest BCUT2D eigenvalue weighted by Crippen LogP contribution is 2.24. The third kappa shape index (κ3) is 3.30. The van der Waals surface area contributed by atoms with Crippen LogP contribution in [0.1, 0.15) is 32.3 Å². The lowest BCUT2D eigenvalue weighted by Gasteiger charge is -2.27. The average molecular weight is 272 g/mol. The summed E-state index contributed by atoms with van der Waals surface area (Å²) < 4.78 is 5.51. The van der Waals surface area contributed by atoms with Gasteiger partial charge in [-0.2, -0.15) is 5.26 Å². The number of nitriles is 1. The van der Waals surface area contributed by atoms with Gasteiger partial charge in [0, 0.05) is 12.6 Å². The Morgan fingerprint density at radius 2 is 2.15 bits per heavy atom. The Morgan fingerprint density at radius 1 is 1.45 bits per heavy atom. The Kier molecular flexibility index (Phi) is 4.62. The monoisotopic (exact) mass is 272 g/mol. The minimum atomic E-state index is 0.0468. The van der Waals surface area contributed by atoms with Crippen molar-refractivity contribution in [2.45, 2.75) is 32.7 Å². The van der Waals surface area contributed by atoms with Crippen molar-refractivity contribution in [3.05, 3.63) is 29.8 Å². The highest BCUT2D eigenvalue weighted by Gasteiger charge is 2.30. The van der Waals surface area contributed by atoms with Gasteiger partial charge in [-0.1, -0.05) is 13.8 Å². The minimum Gasteiger partial charge on any atom is -0.484 e. The molecule has 1 fully saturated rings. The number of amides is 1. The topological polar surface area (TPSA) is 53.3 Å². The van der Waals surface area contributed by atoms with Crippen LogP contribution in [0.4, 0.5) is 0 Å². The van der Waals surface area contributed by atoms with Gasteiger partial charge in [-0.05, 0) is 43.0 Å². The Morgan fingerprint density at radius 3 is 2.75 bits per heavy atom. The molecular formula is C16H20N2O2. The van der Waals surface area contributed by atoms with Gasteiger partial charge >= 0.3 is 0 Å². The van der Waals surface area contributed by atoms with Crippen LogP contribution in [0.5, 0.6) is 5.75 Å². The molecule has 2 rings (SSSR count). The van der Waals surface area contributed by atoms with Crippen LogP contribution in [0.2, 0.25) is 0 Å². The number of carbonyl (C=O) groups excluding carboxylic acids is 1. The molecule has 0 aromatic heterocycles. The summed E-state index contributed by atoms with van der Waals surface area (Å²) in [6.45, 7) is 5.20. The number of nitrogens with zero attached hydrogens (tertiary/aromatic N) is 2. The number of hydrogen-bond donors (Lipinski definition) is 0. The van der Waals surface area contributed by atoms with E-state index in [2.05, 4.69) is 19.9 Å². The fourth-order valence-corrected chi connectivity index (χ4v) is 2.65. The number of carbonyl (C=O) groups is 1. The Labute approximate surface area is 120 Å². The SMILES string of the molecule is CC(C)C1CCCN1C(=O)COc1ccc(C#N)cc1. The number of likely N-dealkylation sites (tertiary alicyclic amines) is 1. The van der Waals surface area contributed by atoms with Crippen molar-refractivity contribution in [3.63, 3.8) is 0 Å². The van der Waals surface area contributed by atoms with Crippen molar-refractivity contribution >= 4 is 5.91 Å². The molecule has 20 heavy (non-hydrogen) atoms. The van der Waals surface area contributed by atoms with Crippen molar-refractivity contribution in [1.29, 1.82) is 5.26 Å². The molecule has 1 aliphatic rings. The third-order valence-corrected chi connectivity index (χ3v) is 3.73. The first-order valence-electron chi connectivity index (χ1n) is 7.04. The van der Waals surface area contributed by atoms with Crippen molar-refractivity contribution < 1.29 is 9.53 Å². The summed E-state index contributed by atoms with van der Waals surface area (Å²) in [5, 5.41) is 8.72. The Bertz CT molecular complexity index is 502. The van der Waals surface area contributed by atoms with Gasteiger partial charge in [0.2, 0.25) is 0 Å². The Hall–Kier alpha value is -2.02. The van der Waals surface area contributed by atoms with Gasteiger partial charge in [-0.3, -0.25) is 4.79 Å². The molecule has 1 aliphatic heterocycles. The highest BCUT2D eigenvalue weighted by molar-refractivity contribution is 5.78. The number of benzene rings is 1. The van der Waals surface area contributed by atoms with Gasteiger partial charge in [0.15, 0.2) is 6.61 Å². The summed E-state index contributed by atoms with van der Waals surface area (Å²) in [4.78, 5) is 14.1. The molecule has 1 atom stereocenters. The molecule has 1 aromatic carbocycles. The summed E-state index contributed by atoms with van der Waals surface area (Å²) in [7, 11) is 0. The van der Waals surface area contributed by atoms with Gasteiger partial charge in [-0.25, -0.2) is 0 Å². The van der Waals surface area contributed by atoms with E-state index in [0.717, 1.165) is 19.4 Å². The molecule has 0 N–H and O–H groups in total. The molecule has 0 bridgehead atoms. The zero-order valence-corrected chi connectivity index (χ0v) is 12.0. The predicted molar refractivity (Wildman–Crippen MR) is 76.2 cm³/mol. The normalized spacial score (nSPS) is 18.1. The molecule has 0 radical (unpaired) electrons. The summed E-state index contributed by atoms with van der Waals surface area (Å²) in [5.41, 5.74) is 0.586. The molecule has 106 valence electrons. The van der Waals surface area contributed by atoms with Gasteiger partial charge < -0.3 is 9.64 Å². The van der Waals surface area contributed by atoms with E-state index in [-0.39, 0.29) is 12.5 Å². The molecule has 0 saturated carbocycles. The standard InChI is InChI=1S/C16H20N2O2/c1-12(2)15-4-3-9-18(15)16(19)11-20-14-7-5-13(10-17)6-8-14/h5-8,12,15H,3-4,9,11H2,1-2H3. The van der Waals surface area contributed by atoms with E-state index in [1.165, 1.54) is 0 Å². The molecular weight excluding hydrogens is 252 g/mol. The van der Waals surface area contributed by atoms with E-state index in [9.17, 15) is 4.79 Å². The second kappa shape index (κ2) is 6.42. The minimum absolute atomic E-state index is 0.0468. The number of hydrogen-bond acceptors (Lipinski definition) is 3. The second-order valence-corrected chi connectivity index (χ2v) is 5.47. The van der Waals surface area contributed by atoms with Gasteiger partial charge in [0.05, 0.1) is 11.6 Å². The highest BCUT2D eigenvalue weighted by atomic mass is 16.5. The van der Waals surface area contributed by atoms with Gasteiger partial charge in [0.25, 0.3) is 5.91 Å². The van der Waals surface area contributed by atoms with E-state index in [0.29, 0.717) is 23.3 Å². The fraction of sp³-hybridized carbons (Fsp3) is 0.500. The van der Waals surface area contributed by atoms with Crippen LogP contribution in [0, 0.1) is 17.2 Å². The first-order chi connectivity index (χ1) is 9.61. The van der Waals surface area contributed by atoms with E-state index in [1.54, 1.807) is 24.3 Å². The lowest BCUT2D eigenvalue weighted by molar-refractivity contribution is -0.134. The molecule has 1 amide bonds. The summed E-state index contributed by atoms with van der Waals surface area (Å²) in [5.74, 6) is 1.15. The van der Waals surface area contributed by atoms with Crippen LogP contribution in [-0.2, 0) is 4.79 Å². The molecule has 0 spiro atoms. The molecule has 1 saturated heterocycles. The van der Waals surface area contributed by atoms with E-state index in [4.69, 9.17) is 10.00 Å². The van der Waals surface area contributed by atoms with Crippen molar-refractivity contribution in [2.24, 2.45) is 5.92 Å². The van der Waals surface area contributed by atoms with Crippen molar-refractivity contribution in [3.8, 4) is 11.8 Å². The summed E-state index contributed by atoms with van der Waals surface area (Å²) in [6.07, 6.45) is 2.16. The zero-order valence-electron chi connectivity index (χ0n) is 12.0. The average Bonchev–Trinajstić information content (AvgIpc) is 2.95. The largest absolute Gasteiger partial charge is 0.484 e. The fourth-order valence-electron chi connectivity index (χ4n) is 2.65. The van der Waals surface area contributed by atoms with E-state index in [1.807, 2.05) is 4.90 Å². The van der Waals surface area contributed by atoms with Crippen LogP contribution in [0.3, 0.4) is 0 Å². The van der Waals surface area contributed by atoms with Crippen LogP contribution in [0.25, 0.3) is 0 Å². The first-order valence-corrected chi connectivity index (χ1v) is 7.04. The predicted octanol–water partition coefficient (Wildman–Crippen LogP) is 2.58. The first kappa shape index (κ1) is 14.4. The number of rotatable bonds is 4. The summed E-state index contributed by atoms with van der Waals surface area (Å²) >= 11 is 0. The molecule has 0 aliphatic carbocycles. The summed E-state index contributed by atoms with van der Waals surface area (Å²) in [6, 6.07) is 9.20. The maximum atomic E-state index is 12.2. The van der Waals surface area contributed by atoms with Gasteiger partial charge in [0.1, 0.15) is 5.75 Å². The molecule has 1 aromatic rings. The van der Waals surface area contributed by atoms with Crippen molar-refractivity contribution in [2.75, 3.05) is 13.2 Å². The maximum absolute atomic E-state index is 12.2. The zero-order chi connectivity index (χ0) is 14.5. The second-order valence-electron chi connectivity index (χ2n) is 5.47. The Balaban J connectivity index is 1.90. The number of ether oxygens (including phenoxy) is 1.